The first-order chi connectivity index (χ1) is 12.6. The minimum Gasteiger partial charge on any atom is -0.339 e. The second-order valence-corrected chi connectivity index (χ2v) is 8.81. The molecule has 0 unspecified atom stereocenters. The van der Waals surface area contributed by atoms with Gasteiger partial charge in [-0.05, 0) is 62.5 Å². The van der Waals surface area contributed by atoms with Crippen molar-refractivity contribution in [2.75, 3.05) is 24.7 Å². The van der Waals surface area contributed by atoms with Gasteiger partial charge in [-0.2, -0.15) is 0 Å². The Bertz CT molecular complexity index is 620. The number of piperidine rings is 1. The van der Waals surface area contributed by atoms with Gasteiger partial charge in [0.25, 0.3) is 0 Å². The highest BCUT2D eigenvalue weighted by atomic mass is 35.5. The minimum absolute atomic E-state index is 0. The summed E-state index contributed by atoms with van der Waals surface area (Å²) < 4.78 is 0. The van der Waals surface area contributed by atoms with E-state index in [1.807, 2.05) is 6.07 Å². The maximum absolute atomic E-state index is 12.8. The summed E-state index contributed by atoms with van der Waals surface area (Å²) >= 11 is 0. The van der Waals surface area contributed by atoms with Gasteiger partial charge in [0.05, 0.1) is 6.67 Å². The highest BCUT2D eigenvalue weighted by molar-refractivity contribution is 5.93. The molecular formula is C22H34ClN3O. The zero-order valence-electron chi connectivity index (χ0n) is 16.7. The van der Waals surface area contributed by atoms with Crippen molar-refractivity contribution < 1.29 is 4.79 Å². The van der Waals surface area contributed by atoms with Crippen LogP contribution in [-0.4, -0.2) is 42.1 Å². The third kappa shape index (κ3) is 3.84. The minimum atomic E-state index is -0.340. The van der Waals surface area contributed by atoms with Crippen LogP contribution in [-0.2, 0) is 4.79 Å². The first-order valence-electron chi connectivity index (χ1n) is 10.5. The number of carbonyl (C=O) groups excluding carboxylic acids is 1. The van der Waals surface area contributed by atoms with E-state index in [1.165, 1.54) is 25.7 Å². The molecule has 2 aliphatic heterocycles. The molecule has 4 rings (SSSR count). The Labute approximate surface area is 170 Å². The number of halogens is 1. The van der Waals surface area contributed by atoms with Gasteiger partial charge in [0.1, 0.15) is 5.54 Å². The summed E-state index contributed by atoms with van der Waals surface area (Å²) in [6.07, 6.45) is 7.31. The predicted octanol–water partition coefficient (Wildman–Crippen LogP) is 4.05. The molecule has 3 fully saturated rings. The van der Waals surface area contributed by atoms with Crippen LogP contribution >= 0.6 is 12.4 Å². The van der Waals surface area contributed by atoms with Gasteiger partial charge in [0.2, 0.25) is 5.91 Å². The zero-order chi connectivity index (χ0) is 18.1. The topological polar surface area (TPSA) is 35.6 Å². The molecule has 1 N–H and O–H groups in total. The smallest absolute Gasteiger partial charge is 0.247 e. The number of amides is 1. The first kappa shape index (κ1) is 20.5. The molecule has 1 aliphatic carbocycles. The number of benzene rings is 1. The van der Waals surface area contributed by atoms with Crippen LogP contribution in [0.2, 0.25) is 0 Å². The largest absolute Gasteiger partial charge is 0.339 e. The van der Waals surface area contributed by atoms with Crippen molar-refractivity contribution in [3.05, 3.63) is 30.3 Å². The van der Waals surface area contributed by atoms with Crippen LogP contribution in [0.1, 0.15) is 52.4 Å². The fraction of sp³-hybridized carbons (Fsp3) is 0.682. The van der Waals surface area contributed by atoms with Gasteiger partial charge in [0, 0.05) is 24.8 Å². The van der Waals surface area contributed by atoms with Gasteiger partial charge in [-0.3, -0.25) is 4.79 Å². The van der Waals surface area contributed by atoms with Crippen LogP contribution in [0.5, 0.6) is 0 Å². The second kappa shape index (κ2) is 8.40. The number of hydrogen-bond donors (Lipinski definition) is 1. The van der Waals surface area contributed by atoms with Crippen molar-refractivity contribution in [1.82, 2.24) is 10.2 Å². The summed E-state index contributed by atoms with van der Waals surface area (Å²) in [5.41, 5.74) is 0.823. The number of rotatable bonds is 3. The summed E-state index contributed by atoms with van der Waals surface area (Å²) in [4.78, 5) is 17.7. The number of nitrogens with zero attached hydrogens (tertiary/aromatic N) is 2. The number of hydrogen-bond acceptors (Lipinski definition) is 3. The summed E-state index contributed by atoms with van der Waals surface area (Å²) in [5, 5.41) is 3.11. The van der Waals surface area contributed by atoms with Gasteiger partial charge < -0.3 is 15.1 Å². The Morgan fingerprint density at radius 2 is 1.67 bits per heavy atom. The van der Waals surface area contributed by atoms with Crippen molar-refractivity contribution in [3.8, 4) is 0 Å². The Balaban J connectivity index is 0.00000210. The van der Waals surface area contributed by atoms with Gasteiger partial charge in [-0.25, -0.2) is 0 Å². The third-order valence-corrected chi connectivity index (χ3v) is 7.23. The summed E-state index contributed by atoms with van der Waals surface area (Å²) in [6, 6.07) is 11.2. The van der Waals surface area contributed by atoms with Crippen molar-refractivity contribution >= 4 is 24.0 Å². The molecule has 1 aromatic carbocycles. The third-order valence-electron chi connectivity index (χ3n) is 7.23. The van der Waals surface area contributed by atoms with E-state index in [9.17, 15) is 4.79 Å². The normalized spacial score (nSPS) is 28.3. The molecule has 1 amide bonds. The molecule has 4 nitrogen and oxygen atoms in total. The Kier molecular flexibility index (Phi) is 6.37. The number of para-hydroxylation sites is 1. The summed E-state index contributed by atoms with van der Waals surface area (Å²) in [7, 11) is 0. The molecule has 1 aromatic rings. The van der Waals surface area contributed by atoms with E-state index < -0.39 is 0 Å². The molecule has 2 heterocycles. The molecule has 27 heavy (non-hydrogen) atoms. The molecule has 0 radical (unpaired) electrons. The average Bonchev–Trinajstić information content (AvgIpc) is 2.99. The number of anilines is 1. The van der Waals surface area contributed by atoms with Gasteiger partial charge >= 0.3 is 0 Å². The van der Waals surface area contributed by atoms with Crippen LogP contribution in [0.3, 0.4) is 0 Å². The van der Waals surface area contributed by atoms with Crippen LogP contribution < -0.4 is 10.2 Å². The fourth-order valence-corrected chi connectivity index (χ4v) is 5.43. The maximum atomic E-state index is 12.8. The summed E-state index contributed by atoms with van der Waals surface area (Å²) in [5.74, 6) is 1.96. The fourth-order valence-electron chi connectivity index (χ4n) is 5.43. The van der Waals surface area contributed by atoms with E-state index in [1.54, 1.807) is 0 Å². The number of carbonyl (C=O) groups is 1. The van der Waals surface area contributed by atoms with Crippen LogP contribution in [0.25, 0.3) is 0 Å². The second-order valence-electron chi connectivity index (χ2n) is 8.81. The van der Waals surface area contributed by atoms with E-state index in [-0.39, 0.29) is 23.9 Å². The summed E-state index contributed by atoms with van der Waals surface area (Å²) in [6.45, 7) is 7.48. The molecule has 0 bridgehead atoms. The zero-order valence-corrected chi connectivity index (χ0v) is 17.5. The quantitative estimate of drug-likeness (QED) is 0.844. The van der Waals surface area contributed by atoms with Crippen molar-refractivity contribution in [1.29, 1.82) is 0 Å². The van der Waals surface area contributed by atoms with Gasteiger partial charge in [-0.1, -0.05) is 32.0 Å². The van der Waals surface area contributed by atoms with E-state index in [4.69, 9.17) is 0 Å². The molecule has 5 heteroatoms. The Morgan fingerprint density at radius 3 is 2.26 bits per heavy atom. The molecule has 0 aromatic heterocycles. The molecule has 3 aliphatic rings. The van der Waals surface area contributed by atoms with E-state index >= 15 is 0 Å². The van der Waals surface area contributed by atoms with E-state index in [0.29, 0.717) is 6.67 Å². The molecule has 2 saturated heterocycles. The highest BCUT2D eigenvalue weighted by Crippen LogP contribution is 2.39. The monoisotopic (exact) mass is 391 g/mol. The Hall–Kier alpha value is -1.26. The molecule has 0 atom stereocenters. The number of likely N-dealkylation sites (tertiary alicyclic amines) is 1. The molecule has 150 valence electrons. The van der Waals surface area contributed by atoms with Gasteiger partial charge in [0.15, 0.2) is 0 Å². The molecular weight excluding hydrogens is 358 g/mol. The standard InChI is InChI=1S/C22H33N3O.ClH/c1-17(2)18-8-10-19(11-9-18)24-14-12-22(13-15-24)21(26)23-16-25(22)20-6-4-3-5-7-20;/h3-7,17-19H,8-16H2,1-2H3,(H,23,26);1H. The average molecular weight is 392 g/mol. The Morgan fingerprint density at radius 1 is 1.04 bits per heavy atom. The van der Waals surface area contributed by atoms with Crippen LogP contribution in [0.15, 0.2) is 30.3 Å². The van der Waals surface area contributed by atoms with Crippen molar-refractivity contribution in [3.63, 3.8) is 0 Å². The first-order valence-corrected chi connectivity index (χ1v) is 10.5. The van der Waals surface area contributed by atoms with E-state index in [0.717, 1.165) is 49.5 Å². The lowest BCUT2D eigenvalue weighted by Crippen LogP contribution is -2.58. The van der Waals surface area contributed by atoms with E-state index in [2.05, 4.69) is 53.2 Å². The predicted molar refractivity (Wildman–Crippen MR) is 113 cm³/mol. The van der Waals surface area contributed by atoms with Crippen molar-refractivity contribution in [2.24, 2.45) is 11.8 Å². The lowest BCUT2D eigenvalue weighted by molar-refractivity contribution is -0.125. The van der Waals surface area contributed by atoms with Gasteiger partial charge in [-0.15, -0.1) is 12.4 Å². The van der Waals surface area contributed by atoms with Crippen LogP contribution in [0.4, 0.5) is 5.69 Å². The van der Waals surface area contributed by atoms with Crippen LogP contribution in [0, 0.1) is 11.8 Å². The lowest BCUT2D eigenvalue weighted by Gasteiger charge is -2.47. The van der Waals surface area contributed by atoms with Crippen molar-refractivity contribution in [2.45, 2.75) is 64.0 Å². The number of nitrogens with one attached hydrogen (secondary N) is 1. The molecule has 1 saturated carbocycles. The highest BCUT2D eigenvalue weighted by Gasteiger charge is 2.50. The molecule has 1 spiro atoms. The SMILES string of the molecule is CC(C)C1CCC(N2CCC3(CC2)C(=O)NCN3c2ccccc2)CC1.Cl. The lowest BCUT2D eigenvalue weighted by atomic mass is 9.78. The maximum Gasteiger partial charge on any atom is 0.247 e.